The molecule has 3 heterocycles. The molecule has 2 saturated heterocycles. The van der Waals surface area contributed by atoms with Crippen LogP contribution in [0.1, 0.15) is 30.4 Å². The number of hydrogen-bond donors (Lipinski definition) is 1. The maximum absolute atomic E-state index is 9.92. The van der Waals surface area contributed by atoms with Gasteiger partial charge < -0.3 is 19.9 Å². The van der Waals surface area contributed by atoms with Gasteiger partial charge in [-0.25, -0.2) is 4.98 Å². The Kier molecular flexibility index (Phi) is 6.93. The summed E-state index contributed by atoms with van der Waals surface area (Å²) in [7, 11) is 0. The molecule has 2 unspecified atom stereocenters. The number of nitrogens with two attached hydrogens (primary N) is 1. The van der Waals surface area contributed by atoms with Gasteiger partial charge >= 0.3 is 0 Å². The lowest BCUT2D eigenvalue weighted by Gasteiger charge is -2.23. The van der Waals surface area contributed by atoms with Crippen LogP contribution in [0.4, 0.5) is 5.82 Å². The van der Waals surface area contributed by atoms with Gasteiger partial charge in [0.1, 0.15) is 40.4 Å². The third-order valence-electron chi connectivity index (χ3n) is 5.46. The van der Waals surface area contributed by atoms with Crippen LogP contribution in [-0.2, 0) is 9.47 Å². The third kappa shape index (κ3) is 4.94. The molecule has 1 aromatic heterocycles. The Hall–Kier alpha value is -2.78. The van der Waals surface area contributed by atoms with E-state index in [2.05, 4.69) is 17.1 Å². The number of thioether (sulfide) groups is 1. The number of hydrogen-bond acceptors (Lipinski definition) is 8. The van der Waals surface area contributed by atoms with Crippen molar-refractivity contribution in [3.8, 4) is 29.0 Å². The summed E-state index contributed by atoms with van der Waals surface area (Å²) >= 11 is 1.50. The first-order valence-corrected chi connectivity index (χ1v) is 11.4. The molecule has 31 heavy (non-hydrogen) atoms. The minimum atomic E-state index is 0.0445. The monoisotopic (exact) mass is 436 g/mol. The Morgan fingerprint density at radius 1 is 1.06 bits per heavy atom. The highest BCUT2D eigenvalue weighted by Gasteiger charge is 2.23. The summed E-state index contributed by atoms with van der Waals surface area (Å²) in [5.41, 5.74) is 7.97. The van der Waals surface area contributed by atoms with Crippen LogP contribution in [0.5, 0.6) is 5.75 Å². The van der Waals surface area contributed by atoms with Gasteiger partial charge in [0, 0.05) is 24.5 Å². The number of anilines is 1. The highest BCUT2D eigenvalue weighted by Crippen LogP contribution is 2.37. The minimum absolute atomic E-state index is 0.0445. The van der Waals surface area contributed by atoms with Gasteiger partial charge in [0.05, 0.1) is 18.8 Å². The van der Waals surface area contributed by atoms with Crippen molar-refractivity contribution in [3.63, 3.8) is 0 Å². The molecule has 0 spiro atoms. The summed E-state index contributed by atoms with van der Waals surface area (Å²) < 4.78 is 16.9. The molecule has 160 valence electrons. The summed E-state index contributed by atoms with van der Waals surface area (Å²) in [5, 5.41) is 20.2. The molecular formula is C23H24N4O3S. The van der Waals surface area contributed by atoms with Crippen LogP contribution in [0, 0.1) is 28.6 Å². The normalized spacial score (nSPS) is 20.7. The number of nitriles is 2. The van der Waals surface area contributed by atoms with Crippen molar-refractivity contribution >= 4 is 17.6 Å². The van der Waals surface area contributed by atoms with Crippen molar-refractivity contribution in [1.82, 2.24) is 4.98 Å². The largest absolute Gasteiger partial charge is 0.488 e. The van der Waals surface area contributed by atoms with Crippen molar-refractivity contribution < 1.29 is 14.2 Å². The second-order valence-electron chi connectivity index (χ2n) is 7.67. The van der Waals surface area contributed by atoms with Crippen LogP contribution < -0.4 is 10.5 Å². The molecule has 0 radical (unpaired) electrons. The minimum Gasteiger partial charge on any atom is -0.488 e. The number of nitrogen functional groups attached to an aromatic ring is 1. The van der Waals surface area contributed by atoms with Crippen LogP contribution in [0.25, 0.3) is 11.1 Å². The van der Waals surface area contributed by atoms with Crippen LogP contribution in [0.15, 0.2) is 29.3 Å². The number of benzene rings is 1. The Morgan fingerprint density at radius 3 is 2.48 bits per heavy atom. The first-order valence-electron chi connectivity index (χ1n) is 10.4. The number of aromatic nitrogens is 1. The van der Waals surface area contributed by atoms with E-state index in [1.54, 1.807) is 0 Å². The molecule has 2 N–H and O–H groups in total. The van der Waals surface area contributed by atoms with Gasteiger partial charge in [-0.2, -0.15) is 10.5 Å². The Morgan fingerprint density at radius 2 is 1.84 bits per heavy atom. The molecule has 1 aromatic carbocycles. The standard InChI is InChI=1S/C23H24N4O3S/c24-10-19-21(16-3-5-17(6-4-16)30-18-2-1-8-28-13-18)20(11-25)23(27-22(19)26)31-14-15-7-9-29-12-15/h3-6,15,18H,1-2,7-9,12-14H2,(H2,26,27). The zero-order valence-electron chi connectivity index (χ0n) is 17.2. The smallest absolute Gasteiger partial charge is 0.143 e. The van der Waals surface area contributed by atoms with Crippen molar-refractivity contribution in [2.45, 2.75) is 30.4 Å². The van der Waals surface area contributed by atoms with Crippen molar-refractivity contribution in [2.75, 3.05) is 37.9 Å². The molecule has 2 aliphatic rings. The van der Waals surface area contributed by atoms with Crippen LogP contribution in [0.3, 0.4) is 0 Å². The first kappa shape index (κ1) is 21.5. The lowest BCUT2D eigenvalue weighted by Crippen LogP contribution is -2.27. The zero-order chi connectivity index (χ0) is 21.6. The number of pyridine rings is 1. The van der Waals surface area contributed by atoms with Crippen molar-refractivity contribution in [3.05, 3.63) is 35.4 Å². The van der Waals surface area contributed by atoms with Gasteiger partial charge in [-0.15, -0.1) is 11.8 Å². The van der Waals surface area contributed by atoms with Gasteiger partial charge in [0.25, 0.3) is 0 Å². The summed E-state index contributed by atoms with van der Waals surface area (Å²) in [4.78, 5) is 4.37. The first-order chi connectivity index (χ1) is 15.2. The predicted molar refractivity (Wildman–Crippen MR) is 118 cm³/mol. The summed E-state index contributed by atoms with van der Waals surface area (Å²) in [6, 6.07) is 11.8. The van der Waals surface area contributed by atoms with Gasteiger partial charge in [-0.3, -0.25) is 0 Å². The molecule has 2 aliphatic heterocycles. The van der Waals surface area contributed by atoms with E-state index in [-0.39, 0.29) is 17.5 Å². The SMILES string of the molecule is N#Cc1c(N)nc(SCC2CCOC2)c(C#N)c1-c1ccc(OC2CCCOC2)cc1. The fraction of sp³-hybridized carbons (Fsp3) is 0.435. The molecule has 2 fully saturated rings. The lowest BCUT2D eigenvalue weighted by molar-refractivity contribution is 0.00744. The Labute approximate surface area is 186 Å². The topological polar surface area (TPSA) is 114 Å². The summed E-state index contributed by atoms with van der Waals surface area (Å²) in [5.74, 6) is 2.09. The maximum atomic E-state index is 9.92. The fourth-order valence-electron chi connectivity index (χ4n) is 3.80. The second-order valence-corrected chi connectivity index (χ2v) is 8.68. The highest BCUT2D eigenvalue weighted by molar-refractivity contribution is 7.99. The van der Waals surface area contributed by atoms with E-state index in [0.717, 1.165) is 56.1 Å². The summed E-state index contributed by atoms with van der Waals surface area (Å²) in [6.45, 7) is 2.86. The fourth-order valence-corrected chi connectivity index (χ4v) is 4.91. The van der Waals surface area contributed by atoms with E-state index in [4.69, 9.17) is 19.9 Å². The third-order valence-corrected chi connectivity index (χ3v) is 6.67. The van der Waals surface area contributed by atoms with Gasteiger partial charge in [-0.05, 0) is 42.9 Å². The molecular weight excluding hydrogens is 412 g/mol. The number of rotatable bonds is 6. The van der Waals surface area contributed by atoms with E-state index in [1.165, 1.54) is 11.8 Å². The van der Waals surface area contributed by atoms with Gasteiger partial charge in [0.15, 0.2) is 0 Å². The predicted octanol–water partition coefficient (Wildman–Crippen LogP) is 3.76. The van der Waals surface area contributed by atoms with Gasteiger partial charge in [-0.1, -0.05) is 12.1 Å². The van der Waals surface area contributed by atoms with Crippen molar-refractivity contribution in [2.24, 2.45) is 5.92 Å². The van der Waals surface area contributed by atoms with Gasteiger partial charge in [0.2, 0.25) is 0 Å². The average Bonchev–Trinajstić information content (AvgIpc) is 3.32. The molecule has 0 aliphatic carbocycles. The molecule has 4 rings (SSSR count). The van der Waals surface area contributed by atoms with E-state index in [1.807, 2.05) is 24.3 Å². The molecule has 7 nitrogen and oxygen atoms in total. The van der Waals surface area contributed by atoms with Crippen LogP contribution in [0.2, 0.25) is 0 Å². The quantitative estimate of drug-likeness (QED) is 0.681. The second kappa shape index (κ2) is 10.0. The zero-order valence-corrected chi connectivity index (χ0v) is 18.0. The average molecular weight is 437 g/mol. The Bertz CT molecular complexity index is 1000. The van der Waals surface area contributed by atoms with E-state index < -0.39 is 0 Å². The highest BCUT2D eigenvalue weighted by atomic mass is 32.2. The lowest BCUT2D eigenvalue weighted by atomic mass is 9.97. The summed E-state index contributed by atoms with van der Waals surface area (Å²) in [6.07, 6.45) is 3.00. The van der Waals surface area contributed by atoms with Crippen molar-refractivity contribution in [1.29, 1.82) is 10.5 Å². The van der Waals surface area contributed by atoms with E-state index in [9.17, 15) is 10.5 Å². The molecule has 0 amide bonds. The van der Waals surface area contributed by atoms with Crippen LogP contribution in [-0.4, -0.2) is 43.3 Å². The number of nitrogens with zero attached hydrogens (tertiary/aromatic N) is 3. The van der Waals surface area contributed by atoms with E-state index >= 15 is 0 Å². The number of ether oxygens (including phenoxy) is 3. The molecule has 2 aromatic rings. The van der Waals surface area contributed by atoms with Crippen LogP contribution >= 0.6 is 11.8 Å². The molecule has 2 atom stereocenters. The molecule has 0 bridgehead atoms. The Balaban J connectivity index is 1.62. The molecule has 0 saturated carbocycles. The molecule has 8 heteroatoms. The maximum Gasteiger partial charge on any atom is 0.143 e. The van der Waals surface area contributed by atoms with E-state index in [0.29, 0.717) is 28.7 Å².